The Kier molecular flexibility index (Phi) is 7.99. The lowest BCUT2D eigenvalue weighted by Crippen LogP contribution is -2.17. The lowest BCUT2D eigenvalue weighted by Gasteiger charge is -2.18. The molecule has 2 aromatic carbocycles. The van der Waals surface area contributed by atoms with Gasteiger partial charge in [-0.1, -0.05) is 31.7 Å². The van der Waals surface area contributed by atoms with E-state index in [2.05, 4.69) is 29.4 Å². The van der Waals surface area contributed by atoms with Gasteiger partial charge in [0.05, 0.1) is 12.9 Å². The summed E-state index contributed by atoms with van der Waals surface area (Å²) in [6, 6.07) is 13.8. The third kappa shape index (κ3) is 6.40. The van der Waals surface area contributed by atoms with E-state index >= 15 is 0 Å². The van der Waals surface area contributed by atoms with Gasteiger partial charge < -0.3 is 24.5 Å². The normalized spacial score (nSPS) is 11.9. The van der Waals surface area contributed by atoms with Crippen LogP contribution < -0.4 is 14.8 Å². The van der Waals surface area contributed by atoms with Gasteiger partial charge >= 0.3 is 0 Å². The highest BCUT2D eigenvalue weighted by Crippen LogP contribution is 2.27. The molecule has 0 spiro atoms. The van der Waals surface area contributed by atoms with E-state index in [-0.39, 0.29) is 23.5 Å². The summed E-state index contributed by atoms with van der Waals surface area (Å²) >= 11 is 1.31. The van der Waals surface area contributed by atoms with Gasteiger partial charge in [0.25, 0.3) is 0 Å². The highest BCUT2D eigenvalue weighted by molar-refractivity contribution is 7.99. The summed E-state index contributed by atoms with van der Waals surface area (Å²) in [6.45, 7) is 6.85. The molecule has 1 unspecified atom stereocenters. The van der Waals surface area contributed by atoms with E-state index in [0.717, 1.165) is 5.75 Å². The smallest absolute Gasteiger partial charge is 0.234 e. The highest BCUT2D eigenvalue weighted by Gasteiger charge is 2.21. The van der Waals surface area contributed by atoms with Crippen LogP contribution in [0, 0.1) is 5.92 Å². The summed E-state index contributed by atoms with van der Waals surface area (Å²) in [5, 5.41) is 21.6. The largest absolute Gasteiger partial charge is 0.508 e. The maximum Gasteiger partial charge on any atom is 0.234 e. The molecule has 0 saturated carbocycles. The lowest BCUT2D eigenvalue weighted by molar-refractivity contribution is -0.113. The number of nitrogens with zero attached hydrogens (tertiary/aromatic N) is 3. The first-order valence-electron chi connectivity index (χ1n) is 10.3. The molecule has 0 fully saturated rings. The molecule has 0 aliphatic heterocycles. The number of aromatic nitrogens is 3. The van der Waals surface area contributed by atoms with E-state index < -0.39 is 0 Å². The molecule has 1 atom stereocenters. The fourth-order valence-electron chi connectivity index (χ4n) is 3.07. The number of phenolic OH excluding ortho intramolecular Hbond substituents is 1. The first-order chi connectivity index (χ1) is 15.4. The van der Waals surface area contributed by atoms with Crippen LogP contribution in [0.4, 0.5) is 5.69 Å². The minimum absolute atomic E-state index is 0.0996. The zero-order valence-corrected chi connectivity index (χ0v) is 19.4. The molecule has 1 aromatic heterocycles. The number of hydrogen-bond acceptors (Lipinski definition) is 7. The Labute approximate surface area is 192 Å². The molecule has 9 heteroatoms. The number of aromatic hydroxyl groups is 1. The Hall–Kier alpha value is -3.20. The molecule has 1 heterocycles. The fourth-order valence-corrected chi connectivity index (χ4v) is 3.82. The van der Waals surface area contributed by atoms with Gasteiger partial charge in [0.2, 0.25) is 5.91 Å². The Morgan fingerprint density at radius 3 is 2.50 bits per heavy atom. The molecule has 3 rings (SSSR count). The number of carbonyl (C=O) groups is 1. The number of thioether (sulfide) groups is 1. The number of anilines is 1. The SMILES string of the molecule is COc1ccc(OC(C)c2nnc(SCC(=O)Nc3cccc(O)c3)n2CC(C)C)cc1. The number of phenols is 1. The van der Waals surface area contributed by atoms with Crippen LogP contribution in [0.25, 0.3) is 0 Å². The summed E-state index contributed by atoms with van der Waals surface area (Å²) < 4.78 is 13.2. The van der Waals surface area contributed by atoms with Gasteiger partial charge in [-0.05, 0) is 49.2 Å². The summed E-state index contributed by atoms with van der Waals surface area (Å²) in [5.41, 5.74) is 0.543. The van der Waals surface area contributed by atoms with Crippen molar-refractivity contribution in [1.82, 2.24) is 14.8 Å². The topological polar surface area (TPSA) is 98.5 Å². The van der Waals surface area contributed by atoms with Gasteiger partial charge in [0.15, 0.2) is 17.1 Å². The van der Waals surface area contributed by atoms with Gasteiger partial charge in [-0.2, -0.15) is 0 Å². The molecule has 2 N–H and O–H groups in total. The van der Waals surface area contributed by atoms with Crippen molar-refractivity contribution in [3.8, 4) is 17.2 Å². The van der Waals surface area contributed by atoms with Crippen molar-refractivity contribution >= 4 is 23.4 Å². The van der Waals surface area contributed by atoms with Crippen LogP contribution in [0.5, 0.6) is 17.2 Å². The number of amides is 1. The number of hydrogen-bond donors (Lipinski definition) is 2. The summed E-state index contributed by atoms with van der Waals surface area (Å²) in [4.78, 5) is 12.4. The summed E-state index contributed by atoms with van der Waals surface area (Å²) in [5.74, 6) is 2.60. The second-order valence-corrected chi connectivity index (χ2v) is 8.61. The molecule has 32 heavy (non-hydrogen) atoms. The molecule has 1 amide bonds. The van der Waals surface area contributed by atoms with Crippen LogP contribution in [0.1, 0.15) is 32.7 Å². The van der Waals surface area contributed by atoms with E-state index in [9.17, 15) is 9.90 Å². The second-order valence-electron chi connectivity index (χ2n) is 7.67. The lowest BCUT2D eigenvalue weighted by atomic mass is 10.2. The summed E-state index contributed by atoms with van der Waals surface area (Å²) in [6.07, 6.45) is -0.329. The van der Waals surface area contributed by atoms with Gasteiger partial charge in [-0.15, -0.1) is 10.2 Å². The molecule has 8 nitrogen and oxygen atoms in total. The average molecular weight is 457 g/mol. The van der Waals surface area contributed by atoms with Crippen molar-refractivity contribution in [3.63, 3.8) is 0 Å². The molecule has 0 aliphatic rings. The van der Waals surface area contributed by atoms with Crippen LogP contribution in [0.2, 0.25) is 0 Å². The second kappa shape index (κ2) is 10.9. The van der Waals surface area contributed by atoms with Gasteiger partial charge in [0, 0.05) is 18.3 Å². The van der Waals surface area contributed by atoms with Crippen LogP contribution >= 0.6 is 11.8 Å². The number of ether oxygens (including phenoxy) is 2. The number of carbonyl (C=O) groups excluding carboxylic acids is 1. The average Bonchev–Trinajstić information content (AvgIpc) is 3.14. The van der Waals surface area contributed by atoms with Crippen molar-refractivity contribution in [3.05, 3.63) is 54.4 Å². The van der Waals surface area contributed by atoms with Crippen molar-refractivity contribution < 1.29 is 19.4 Å². The van der Waals surface area contributed by atoms with Crippen molar-refractivity contribution in [2.75, 3.05) is 18.2 Å². The monoisotopic (exact) mass is 456 g/mol. The predicted octanol–water partition coefficient (Wildman–Crippen LogP) is 4.52. The van der Waals surface area contributed by atoms with E-state index in [1.165, 1.54) is 17.8 Å². The predicted molar refractivity (Wildman–Crippen MR) is 124 cm³/mol. The molecule has 0 radical (unpaired) electrons. The first-order valence-corrected chi connectivity index (χ1v) is 11.3. The van der Waals surface area contributed by atoms with Gasteiger partial charge in [-0.3, -0.25) is 4.79 Å². The van der Waals surface area contributed by atoms with Crippen LogP contribution in [0.15, 0.2) is 53.7 Å². The minimum atomic E-state index is -0.329. The third-order valence-corrected chi connectivity index (χ3v) is 5.46. The van der Waals surface area contributed by atoms with Crippen molar-refractivity contribution in [2.45, 2.75) is 38.6 Å². The zero-order chi connectivity index (χ0) is 23.1. The van der Waals surface area contributed by atoms with Crippen molar-refractivity contribution in [2.24, 2.45) is 5.92 Å². The minimum Gasteiger partial charge on any atom is -0.508 e. The Balaban J connectivity index is 1.68. The summed E-state index contributed by atoms with van der Waals surface area (Å²) in [7, 11) is 1.62. The maximum absolute atomic E-state index is 12.4. The third-order valence-electron chi connectivity index (χ3n) is 4.49. The molecular weight excluding hydrogens is 428 g/mol. The molecular formula is C23H28N4O4S. The number of nitrogens with one attached hydrogen (secondary N) is 1. The van der Waals surface area contributed by atoms with Crippen molar-refractivity contribution in [1.29, 1.82) is 0 Å². The van der Waals surface area contributed by atoms with E-state index in [4.69, 9.17) is 9.47 Å². The van der Waals surface area contributed by atoms with Crippen LogP contribution in [-0.4, -0.2) is 38.6 Å². The molecule has 3 aromatic rings. The maximum atomic E-state index is 12.4. The number of benzene rings is 2. The zero-order valence-electron chi connectivity index (χ0n) is 18.6. The van der Waals surface area contributed by atoms with Crippen LogP contribution in [-0.2, 0) is 11.3 Å². The quantitative estimate of drug-likeness (QED) is 0.433. The van der Waals surface area contributed by atoms with Gasteiger partial charge in [0.1, 0.15) is 17.2 Å². The van der Waals surface area contributed by atoms with E-state index in [0.29, 0.717) is 34.9 Å². The Morgan fingerprint density at radius 2 is 1.84 bits per heavy atom. The van der Waals surface area contributed by atoms with Gasteiger partial charge in [-0.25, -0.2) is 0 Å². The van der Waals surface area contributed by atoms with E-state index in [1.54, 1.807) is 25.3 Å². The number of methoxy groups -OCH3 is 1. The number of rotatable bonds is 10. The Morgan fingerprint density at radius 1 is 1.12 bits per heavy atom. The first kappa shape index (κ1) is 23.5. The Bertz CT molecular complexity index is 1040. The molecule has 0 saturated heterocycles. The standard InChI is InChI=1S/C23H28N4O4S/c1-15(2)13-27-22(16(3)31-20-10-8-19(30-4)9-11-20)25-26-23(27)32-14-21(29)24-17-6-5-7-18(28)12-17/h5-12,15-16,28H,13-14H2,1-4H3,(H,24,29). The van der Waals surface area contributed by atoms with E-state index in [1.807, 2.05) is 35.8 Å². The molecule has 170 valence electrons. The van der Waals surface area contributed by atoms with Crippen LogP contribution in [0.3, 0.4) is 0 Å². The molecule has 0 bridgehead atoms. The fraction of sp³-hybridized carbons (Fsp3) is 0.348. The molecule has 0 aliphatic carbocycles. The highest BCUT2D eigenvalue weighted by atomic mass is 32.2.